The van der Waals surface area contributed by atoms with Gasteiger partial charge >= 0.3 is 5.97 Å². The molecular weight excluding hydrogens is 328 g/mol. The molecule has 26 heavy (non-hydrogen) atoms. The van der Waals surface area contributed by atoms with Gasteiger partial charge in [0, 0.05) is 24.0 Å². The van der Waals surface area contributed by atoms with Gasteiger partial charge in [-0.3, -0.25) is 4.79 Å². The van der Waals surface area contributed by atoms with Crippen molar-refractivity contribution in [3.05, 3.63) is 66.2 Å². The van der Waals surface area contributed by atoms with E-state index in [-0.39, 0.29) is 18.4 Å². The molecule has 136 valence electrons. The summed E-state index contributed by atoms with van der Waals surface area (Å²) in [6, 6.07) is 17.1. The van der Waals surface area contributed by atoms with Gasteiger partial charge < -0.3 is 15.0 Å². The molecule has 1 amide bonds. The van der Waals surface area contributed by atoms with Crippen molar-refractivity contribution >= 4 is 29.3 Å². The second-order valence-electron chi connectivity index (χ2n) is 5.61. The van der Waals surface area contributed by atoms with Crippen molar-refractivity contribution in [3.63, 3.8) is 0 Å². The van der Waals surface area contributed by atoms with Crippen LogP contribution in [0.4, 0.5) is 11.4 Å². The summed E-state index contributed by atoms with van der Waals surface area (Å²) in [4.78, 5) is 25.6. The zero-order valence-electron chi connectivity index (χ0n) is 15.1. The molecule has 0 saturated carbocycles. The SMILES string of the molecule is CCOC(=O)/C=C/c1ccc(NC(=O)CN(CC)c2ccccc2)cc1. The molecule has 2 aromatic rings. The summed E-state index contributed by atoms with van der Waals surface area (Å²) in [5.41, 5.74) is 2.59. The van der Waals surface area contributed by atoms with E-state index in [9.17, 15) is 9.59 Å². The molecule has 2 rings (SSSR count). The van der Waals surface area contributed by atoms with Crippen molar-refractivity contribution in [1.82, 2.24) is 0 Å². The molecule has 2 aromatic carbocycles. The predicted molar refractivity (Wildman–Crippen MR) is 105 cm³/mol. The third-order valence-electron chi connectivity index (χ3n) is 3.73. The molecule has 5 heteroatoms. The van der Waals surface area contributed by atoms with Gasteiger partial charge in [0.1, 0.15) is 0 Å². The molecule has 0 radical (unpaired) electrons. The predicted octanol–water partition coefficient (Wildman–Crippen LogP) is 3.73. The molecule has 0 heterocycles. The molecule has 0 saturated heterocycles. The maximum atomic E-state index is 12.3. The molecule has 0 unspecified atom stereocenters. The minimum absolute atomic E-state index is 0.0782. The number of carbonyl (C=O) groups is 2. The van der Waals surface area contributed by atoms with Gasteiger partial charge in [-0.25, -0.2) is 4.79 Å². The molecule has 0 fully saturated rings. The van der Waals surface area contributed by atoms with Crippen LogP contribution in [0.25, 0.3) is 6.08 Å². The van der Waals surface area contributed by atoms with Crippen LogP contribution < -0.4 is 10.2 Å². The van der Waals surface area contributed by atoms with Gasteiger partial charge in [-0.2, -0.15) is 0 Å². The molecule has 0 aliphatic rings. The van der Waals surface area contributed by atoms with E-state index < -0.39 is 0 Å². The van der Waals surface area contributed by atoms with Gasteiger partial charge in [0.05, 0.1) is 13.2 Å². The fraction of sp³-hybridized carbons (Fsp3) is 0.238. The zero-order chi connectivity index (χ0) is 18.8. The highest BCUT2D eigenvalue weighted by atomic mass is 16.5. The Morgan fingerprint density at radius 1 is 1.04 bits per heavy atom. The lowest BCUT2D eigenvalue weighted by Gasteiger charge is -2.22. The summed E-state index contributed by atoms with van der Waals surface area (Å²) in [5, 5.41) is 2.89. The van der Waals surface area contributed by atoms with Crippen LogP contribution in [0, 0.1) is 0 Å². The number of carbonyl (C=O) groups excluding carboxylic acids is 2. The minimum Gasteiger partial charge on any atom is -0.463 e. The van der Waals surface area contributed by atoms with Crippen LogP contribution in [0.2, 0.25) is 0 Å². The highest BCUT2D eigenvalue weighted by molar-refractivity contribution is 5.94. The fourth-order valence-electron chi connectivity index (χ4n) is 2.43. The third kappa shape index (κ3) is 6.09. The lowest BCUT2D eigenvalue weighted by atomic mass is 10.2. The Kier molecular flexibility index (Phi) is 7.43. The summed E-state index contributed by atoms with van der Waals surface area (Å²) in [6.07, 6.45) is 3.06. The van der Waals surface area contributed by atoms with E-state index in [1.165, 1.54) is 6.08 Å². The van der Waals surface area contributed by atoms with E-state index in [0.717, 1.165) is 17.8 Å². The molecule has 0 bridgehead atoms. The van der Waals surface area contributed by atoms with Crippen LogP contribution in [0.15, 0.2) is 60.7 Å². The van der Waals surface area contributed by atoms with Crippen LogP contribution >= 0.6 is 0 Å². The molecule has 0 aromatic heterocycles. The molecule has 0 spiro atoms. The summed E-state index contributed by atoms with van der Waals surface area (Å²) < 4.78 is 4.84. The number of nitrogens with one attached hydrogen (secondary N) is 1. The van der Waals surface area contributed by atoms with E-state index >= 15 is 0 Å². The first-order chi connectivity index (χ1) is 12.6. The number of benzene rings is 2. The molecule has 5 nitrogen and oxygen atoms in total. The summed E-state index contributed by atoms with van der Waals surface area (Å²) in [7, 11) is 0. The Labute approximate surface area is 154 Å². The van der Waals surface area contributed by atoms with Crippen molar-refractivity contribution in [3.8, 4) is 0 Å². The Bertz CT molecular complexity index is 740. The van der Waals surface area contributed by atoms with Crippen molar-refractivity contribution < 1.29 is 14.3 Å². The lowest BCUT2D eigenvalue weighted by Crippen LogP contribution is -2.33. The van der Waals surface area contributed by atoms with Crippen molar-refractivity contribution in [2.45, 2.75) is 13.8 Å². The van der Waals surface area contributed by atoms with E-state index in [1.54, 1.807) is 13.0 Å². The average Bonchev–Trinajstić information content (AvgIpc) is 2.66. The molecule has 0 aliphatic carbocycles. The number of ether oxygens (including phenoxy) is 1. The Hall–Kier alpha value is -3.08. The highest BCUT2D eigenvalue weighted by Gasteiger charge is 2.09. The van der Waals surface area contributed by atoms with Crippen LogP contribution in [0.1, 0.15) is 19.4 Å². The first kappa shape index (κ1) is 19.2. The maximum absolute atomic E-state index is 12.3. The molecule has 1 N–H and O–H groups in total. The number of anilines is 2. The smallest absolute Gasteiger partial charge is 0.330 e. The van der Waals surface area contributed by atoms with E-state index in [0.29, 0.717) is 12.3 Å². The standard InChI is InChI=1S/C21H24N2O3/c1-3-23(19-8-6-5-7-9-19)16-20(24)22-18-13-10-17(11-14-18)12-15-21(25)26-4-2/h5-15H,3-4,16H2,1-2H3,(H,22,24)/b15-12+. The van der Waals surface area contributed by atoms with E-state index in [1.807, 2.05) is 66.4 Å². The second-order valence-corrected chi connectivity index (χ2v) is 5.61. The Morgan fingerprint density at radius 3 is 2.35 bits per heavy atom. The largest absolute Gasteiger partial charge is 0.463 e. The van der Waals surface area contributed by atoms with Crippen LogP contribution in [0.3, 0.4) is 0 Å². The Morgan fingerprint density at radius 2 is 1.73 bits per heavy atom. The van der Waals surface area contributed by atoms with Crippen LogP contribution in [0.5, 0.6) is 0 Å². The monoisotopic (exact) mass is 352 g/mol. The maximum Gasteiger partial charge on any atom is 0.330 e. The zero-order valence-corrected chi connectivity index (χ0v) is 15.1. The van der Waals surface area contributed by atoms with Crippen LogP contribution in [-0.2, 0) is 14.3 Å². The quantitative estimate of drug-likeness (QED) is 0.581. The third-order valence-corrected chi connectivity index (χ3v) is 3.73. The van der Waals surface area contributed by atoms with Gasteiger partial charge in [-0.1, -0.05) is 30.3 Å². The number of para-hydroxylation sites is 1. The Balaban J connectivity index is 1.91. The number of rotatable bonds is 8. The summed E-state index contributed by atoms with van der Waals surface area (Å²) in [5.74, 6) is -0.448. The number of nitrogens with zero attached hydrogens (tertiary/aromatic N) is 1. The first-order valence-electron chi connectivity index (χ1n) is 8.67. The summed E-state index contributed by atoms with van der Waals surface area (Å²) in [6.45, 7) is 5.16. The van der Waals surface area contributed by atoms with Gasteiger partial charge in [-0.05, 0) is 49.8 Å². The summed E-state index contributed by atoms with van der Waals surface area (Å²) >= 11 is 0. The number of likely N-dealkylation sites (N-methyl/N-ethyl adjacent to an activating group) is 1. The van der Waals surface area contributed by atoms with E-state index in [4.69, 9.17) is 4.74 Å². The second kappa shape index (κ2) is 10.0. The van der Waals surface area contributed by atoms with E-state index in [2.05, 4.69) is 5.32 Å². The van der Waals surface area contributed by atoms with Crippen LogP contribution in [-0.4, -0.2) is 31.6 Å². The molecular formula is C21H24N2O3. The minimum atomic E-state index is -0.370. The normalized spacial score (nSPS) is 10.5. The van der Waals surface area contributed by atoms with Gasteiger partial charge in [0.15, 0.2) is 0 Å². The number of hydrogen-bond donors (Lipinski definition) is 1. The topological polar surface area (TPSA) is 58.6 Å². The lowest BCUT2D eigenvalue weighted by molar-refractivity contribution is -0.137. The van der Waals surface area contributed by atoms with Crippen molar-refractivity contribution in [2.24, 2.45) is 0 Å². The number of hydrogen-bond acceptors (Lipinski definition) is 4. The molecule has 0 atom stereocenters. The molecule has 0 aliphatic heterocycles. The van der Waals surface area contributed by atoms with Gasteiger partial charge in [0.2, 0.25) is 5.91 Å². The highest BCUT2D eigenvalue weighted by Crippen LogP contribution is 2.14. The van der Waals surface area contributed by atoms with Crippen molar-refractivity contribution in [1.29, 1.82) is 0 Å². The van der Waals surface area contributed by atoms with Gasteiger partial charge in [-0.15, -0.1) is 0 Å². The number of amides is 1. The van der Waals surface area contributed by atoms with Gasteiger partial charge in [0.25, 0.3) is 0 Å². The average molecular weight is 352 g/mol. The fourth-order valence-corrected chi connectivity index (χ4v) is 2.43. The first-order valence-corrected chi connectivity index (χ1v) is 8.67. The van der Waals surface area contributed by atoms with Crippen molar-refractivity contribution in [2.75, 3.05) is 29.9 Å². The number of esters is 1.